The van der Waals surface area contributed by atoms with Gasteiger partial charge in [-0.1, -0.05) is 97.1 Å². The molecule has 0 saturated heterocycles. The highest BCUT2D eigenvalue weighted by molar-refractivity contribution is 6.29. The van der Waals surface area contributed by atoms with E-state index in [0.29, 0.717) is 22.3 Å². The summed E-state index contributed by atoms with van der Waals surface area (Å²) in [7, 11) is 0. The number of carbonyl (C=O) groups excluding carboxylic acids is 3. The Morgan fingerprint density at radius 3 is 1.39 bits per heavy atom. The van der Waals surface area contributed by atoms with E-state index in [0.717, 1.165) is 54.6 Å². The average Bonchev–Trinajstić information content (AvgIpc) is 2.96. The van der Waals surface area contributed by atoms with Crippen LogP contribution in [0.5, 0.6) is 0 Å². The monoisotopic (exact) mass is 486 g/mol. The van der Waals surface area contributed by atoms with Crippen LogP contribution in [-0.2, 0) is 4.79 Å². The van der Waals surface area contributed by atoms with Crippen molar-refractivity contribution >= 4 is 49.7 Å². The molecular formula is C35H18O3. The highest BCUT2D eigenvalue weighted by atomic mass is 16.1. The molecule has 3 heteroatoms. The van der Waals surface area contributed by atoms with Crippen LogP contribution >= 0.6 is 0 Å². The zero-order valence-electron chi connectivity index (χ0n) is 20.1. The predicted octanol–water partition coefficient (Wildman–Crippen LogP) is 7.08. The minimum atomic E-state index is -0.564. The summed E-state index contributed by atoms with van der Waals surface area (Å²) in [5, 5.41) is 5.56. The first-order valence-electron chi connectivity index (χ1n) is 12.9. The van der Waals surface area contributed by atoms with E-state index < -0.39 is 11.8 Å². The molecular weight excluding hydrogens is 468 g/mol. The van der Waals surface area contributed by atoms with Crippen molar-refractivity contribution in [3.8, 4) is 0 Å². The van der Waals surface area contributed by atoms with Crippen LogP contribution < -0.4 is 0 Å². The molecule has 0 heterocycles. The Labute approximate surface area is 217 Å². The van der Waals surface area contributed by atoms with Gasteiger partial charge in [0.25, 0.3) is 0 Å². The first-order chi connectivity index (χ1) is 18.6. The van der Waals surface area contributed by atoms with E-state index in [1.165, 1.54) is 0 Å². The molecule has 9 rings (SSSR count). The molecule has 0 spiro atoms. The summed E-state index contributed by atoms with van der Waals surface area (Å²) in [5.74, 6) is -1.20. The van der Waals surface area contributed by atoms with E-state index >= 15 is 0 Å². The van der Waals surface area contributed by atoms with Gasteiger partial charge in [-0.25, -0.2) is 0 Å². The second kappa shape index (κ2) is 6.70. The van der Waals surface area contributed by atoms with Gasteiger partial charge in [0, 0.05) is 22.3 Å². The molecule has 3 aliphatic carbocycles. The number of rotatable bonds is 0. The minimum absolute atomic E-state index is 0.0340. The molecule has 0 amide bonds. The number of Topliss-reactive ketones (excluding diaryl/α,β-unsaturated/α-hetero) is 1. The zero-order chi connectivity index (χ0) is 25.3. The quantitative estimate of drug-likeness (QED) is 0.230. The lowest BCUT2D eigenvalue weighted by Crippen LogP contribution is -2.36. The van der Waals surface area contributed by atoms with Crippen LogP contribution in [0.15, 0.2) is 97.1 Å². The molecule has 0 saturated carbocycles. The lowest BCUT2D eigenvalue weighted by molar-refractivity contribution is -0.120. The number of carbonyl (C=O) groups is 3. The average molecular weight is 487 g/mol. The summed E-state index contributed by atoms with van der Waals surface area (Å²) in [4.78, 5) is 42.8. The molecule has 3 nitrogen and oxygen atoms in total. The summed E-state index contributed by atoms with van der Waals surface area (Å²) in [6.07, 6.45) is 0. The molecule has 0 radical (unpaired) electrons. The third-order valence-corrected chi connectivity index (χ3v) is 8.90. The second-order valence-corrected chi connectivity index (χ2v) is 10.6. The third-order valence-electron chi connectivity index (χ3n) is 8.90. The summed E-state index contributed by atoms with van der Waals surface area (Å²) in [6, 6.07) is 31.3. The third kappa shape index (κ3) is 2.20. The fourth-order valence-corrected chi connectivity index (χ4v) is 7.37. The van der Waals surface area contributed by atoms with Crippen LogP contribution in [0.2, 0.25) is 0 Å². The van der Waals surface area contributed by atoms with Crippen LogP contribution in [0.1, 0.15) is 65.9 Å². The van der Waals surface area contributed by atoms with Crippen molar-refractivity contribution in [1.29, 1.82) is 0 Å². The van der Waals surface area contributed by atoms with Gasteiger partial charge in [-0.2, -0.15) is 0 Å². The maximum Gasteiger partial charge on any atom is 0.194 e. The van der Waals surface area contributed by atoms with Crippen LogP contribution in [-0.4, -0.2) is 17.3 Å². The highest BCUT2D eigenvalue weighted by Crippen LogP contribution is 2.54. The number of benzene rings is 6. The number of ketones is 3. The van der Waals surface area contributed by atoms with Crippen molar-refractivity contribution < 1.29 is 14.4 Å². The van der Waals surface area contributed by atoms with Gasteiger partial charge >= 0.3 is 0 Å². The topological polar surface area (TPSA) is 51.2 Å². The Hall–Kier alpha value is -4.89. The Kier molecular flexibility index (Phi) is 3.56. The molecule has 0 bridgehead atoms. The number of fused-ring (bicyclic) bond motifs is 8. The fourth-order valence-electron chi connectivity index (χ4n) is 7.37. The normalized spacial score (nSPS) is 18.7. The summed E-state index contributed by atoms with van der Waals surface area (Å²) in [6.45, 7) is 0. The van der Waals surface area contributed by atoms with Gasteiger partial charge in [-0.15, -0.1) is 0 Å². The minimum Gasteiger partial charge on any atom is -0.298 e. The lowest BCUT2D eigenvalue weighted by atomic mass is 9.61. The molecule has 0 aromatic heterocycles. The van der Waals surface area contributed by atoms with E-state index in [1.54, 1.807) is 0 Å². The Morgan fingerprint density at radius 2 is 0.895 bits per heavy atom. The van der Waals surface area contributed by atoms with Crippen molar-refractivity contribution in [1.82, 2.24) is 0 Å². The molecule has 6 aromatic carbocycles. The maximum atomic E-state index is 14.8. The van der Waals surface area contributed by atoms with Crippen LogP contribution in [0.25, 0.3) is 32.3 Å². The van der Waals surface area contributed by atoms with Crippen molar-refractivity contribution in [2.75, 3.05) is 0 Å². The van der Waals surface area contributed by atoms with Gasteiger partial charge in [0.15, 0.2) is 17.3 Å². The molecule has 2 unspecified atom stereocenters. The summed E-state index contributed by atoms with van der Waals surface area (Å²) >= 11 is 0. The number of hydrogen-bond acceptors (Lipinski definition) is 3. The maximum absolute atomic E-state index is 14.8. The van der Waals surface area contributed by atoms with Gasteiger partial charge in [0.2, 0.25) is 0 Å². The van der Waals surface area contributed by atoms with Crippen LogP contribution in [0.3, 0.4) is 0 Å². The molecule has 176 valence electrons. The van der Waals surface area contributed by atoms with Gasteiger partial charge in [0.1, 0.15) is 0 Å². The SMILES string of the molecule is O=C1c2ccc3ccc4c5c3c2C(C(=O)C5c2ccc3ccccc3c2C4=O)c2ccc3ccccc3c21. The smallest absolute Gasteiger partial charge is 0.194 e. The largest absolute Gasteiger partial charge is 0.298 e. The van der Waals surface area contributed by atoms with E-state index in [1.807, 2.05) is 97.1 Å². The van der Waals surface area contributed by atoms with E-state index in [-0.39, 0.29) is 17.3 Å². The van der Waals surface area contributed by atoms with Crippen molar-refractivity contribution in [3.63, 3.8) is 0 Å². The first-order valence-corrected chi connectivity index (χ1v) is 12.9. The highest BCUT2D eigenvalue weighted by Gasteiger charge is 2.48. The van der Waals surface area contributed by atoms with Crippen molar-refractivity contribution in [2.45, 2.75) is 11.8 Å². The predicted molar refractivity (Wildman–Crippen MR) is 147 cm³/mol. The Bertz CT molecular complexity index is 2000. The van der Waals surface area contributed by atoms with Gasteiger partial charge < -0.3 is 0 Å². The van der Waals surface area contributed by atoms with E-state index in [4.69, 9.17) is 0 Å². The Balaban J connectivity index is 1.45. The fraction of sp³-hybridized carbons (Fsp3) is 0.0571. The Morgan fingerprint density at radius 1 is 0.447 bits per heavy atom. The lowest BCUT2D eigenvalue weighted by Gasteiger charge is -2.39. The molecule has 6 aromatic rings. The standard InChI is InChI=1S/C35H18O3/c36-33-24-15-11-19-12-16-25-30-26(19)29(24)31(22-13-9-17-5-1-3-7-20(17)27(22)33)35(38)32(30)23-14-10-18-6-2-4-8-21(18)28(23)34(25)37/h1-16,31-32H. The van der Waals surface area contributed by atoms with E-state index in [2.05, 4.69) is 0 Å². The molecule has 0 fully saturated rings. The molecule has 0 aliphatic heterocycles. The van der Waals surface area contributed by atoms with Crippen molar-refractivity contribution in [2.24, 2.45) is 0 Å². The van der Waals surface area contributed by atoms with E-state index in [9.17, 15) is 14.4 Å². The number of hydrogen-bond donors (Lipinski definition) is 0. The molecule has 2 atom stereocenters. The van der Waals surface area contributed by atoms with Crippen LogP contribution in [0.4, 0.5) is 0 Å². The van der Waals surface area contributed by atoms with Gasteiger partial charge in [-0.3, -0.25) is 14.4 Å². The van der Waals surface area contributed by atoms with Crippen LogP contribution in [0, 0.1) is 0 Å². The van der Waals surface area contributed by atoms with Gasteiger partial charge in [0.05, 0.1) is 11.8 Å². The molecule has 3 aliphatic rings. The molecule has 0 N–H and O–H groups in total. The zero-order valence-corrected chi connectivity index (χ0v) is 20.1. The molecule has 38 heavy (non-hydrogen) atoms. The first kappa shape index (κ1) is 20.2. The van der Waals surface area contributed by atoms with Gasteiger partial charge in [-0.05, 0) is 54.6 Å². The van der Waals surface area contributed by atoms with Crippen molar-refractivity contribution in [3.05, 3.63) is 142 Å². The summed E-state index contributed by atoms with van der Waals surface area (Å²) < 4.78 is 0. The summed E-state index contributed by atoms with van der Waals surface area (Å²) in [5.41, 5.74) is 5.47. The second-order valence-electron chi connectivity index (χ2n) is 10.6.